The predicted octanol–water partition coefficient (Wildman–Crippen LogP) is 3.27. The van der Waals surface area contributed by atoms with E-state index >= 15 is 0 Å². The van der Waals surface area contributed by atoms with Gasteiger partial charge in [0.15, 0.2) is 0 Å². The first-order valence-corrected chi connectivity index (χ1v) is 6.19. The average molecular weight is 210 g/mol. The van der Waals surface area contributed by atoms with Gasteiger partial charge in [0.2, 0.25) is 0 Å². The van der Waals surface area contributed by atoms with E-state index in [1.165, 1.54) is 19.3 Å². The highest BCUT2D eigenvalue weighted by Gasteiger charge is 2.54. The van der Waals surface area contributed by atoms with Crippen LogP contribution in [-0.4, -0.2) is 18.3 Å². The highest BCUT2D eigenvalue weighted by atomic mass is 16.7. The Labute approximate surface area is 93.9 Å². The van der Waals surface area contributed by atoms with Gasteiger partial charge in [0.05, 0.1) is 11.2 Å². The zero-order chi connectivity index (χ0) is 11.3. The molecule has 0 radical (unpaired) electrons. The molecule has 2 atom stereocenters. The molecule has 86 valence electrons. The monoisotopic (exact) mass is 210 g/mol. The molecule has 1 heterocycles. The van der Waals surface area contributed by atoms with Crippen LogP contribution < -0.4 is 0 Å². The lowest BCUT2D eigenvalue weighted by Crippen LogP contribution is -2.41. The standard InChI is InChI=1S/C12H23BO2/c1-9-7-6-8-10(9)13-14-11(2,3)12(4,5)15-13/h9-10H,6-8H2,1-5H3/t9?,10-/m1/s1. The Kier molecular flexibility index (Phi) is 2.67. The minimum absolute atomic E-state index is 0.0208. The van der Waals surface area contributed by atoms with Gasteiger partial charge in [-0.1, -0.05) is 26.2 Å². The summed E-state index contributed by atoms with van der Waals surface area (Å²) in [4.78, 5) is 0. The molecule has 1 unspecified atom stereocenters. The third kappa shape index (κ3) is 1.85. The maximum absolute atomic E-state index is 6.10. The molecule has 2 fully saturated rings. The SMILES string of the molecule is CC1CCC[C@H]1B1OC(C)(C)C(C)(C)O1. The van der Waals surface area contributed by atoms with Crippen molar-refractivity contribution in [3.05, 3.63) is 0 Å². The van der Waals surface area contributed by atoms with E-state index in [-0.39, 0.29) is 18.3 Å². The summed E-state index contributed by atoms with van der Waals surface area (Å²) in [7, 11) is 0.0208. The fourth-order valence-electron chi connectivity index (χ4n) is 2.64. The summed E-state index contributed by atoms with van der Waals surface area (Å²) in [5, 5.41) is 0. The molecular weight excluding hydrogens is 187 g/mol. The summed E-state index contributed by atoms with van der Waals surface area (Å²) in [5.41, 5.74) is -0.333. The van der Waals surface area contributed by atoms with Crippen LogP contribution in [0.3, 0.4) is 0 Å². The molecule has 2 nitrogen and oxygen atoms in total. The van der Waals surface area contributed by atoms with Crippen molar-refractivity contribution in [1.82, 2.24) is 0 Å². The molecule has 0 bridgehead atoms. The minimum atomic E-state index is -0.167. The zero-order valence-electron chi connectivity index (χ0n) is 10.7. The molecule has 0 aromatic carbocycles. The molecule has 0 aromatic heterocycles. The Morgan fingerprint density at radius 2 is 1.53 bits per heavy atom. The normalized spacial score (nSPS) is 38.6. The van der Waals surface area contributed by atoms with Crippen LogP contribution in [0.15, 0.2) is 0 Å². The molecule has 0 spiro atoms. The molecule has 3 heteroatoms. The fraction of sp³-hybridized carbons (Fsp3) is 1.00. The van der Waals surface area contributed by atoms with E-state index < -0.39 is 0 Å². The Morgan fingerprint density at radius 3 is 1.93 bits per heavy atom. The van der Waals surface area contributed by atoms with Crippen molar-refractivity contribution in [2.45, 2.75) is 70.9 Å². The molecule has 1 saturated carbocycles. The van der Waals surface area contributed by atoms with Gasteiger partial charge in [-0.3, -0.25) is 0 Å². The van der Waals surface area contributed by atoms with E-state index in [9.17, 15) is 0 Å². The predicted molar refractivity (Wildman–Crippen MR) is 62.8 cm³/mol. The van der Waals surface area contributed by atoms with Gasteiger partial charge < -0.3 is 9.31 Å². The highest BCUT2D eigenvalue weighted by molar-refractivity contribution is 6.47. The van der Waals surface area contributed by atoms with Gasteiger partial charge in [-0.15, -0.1) is 0 Å². The van der Waals surface area contributed by atoms with Crippen LogP contribution in [0.2, 0.25) is 5.82 Å². The second-order valence-electron chi connectivity index (χ2n) is 6.20. The topological polar surface area (TPSA) is 18.5 Å². The summed E-state index contributed by atoms with van der Waals surface area (Å²) in [5.74, 6) is 1.35. The maximum Gasteiger partial charge on any atom is 0.461 e. The van der Waals surface area contributed by atoms with Gasteiger partial charge >= 0.3 is 7.12 Å². The van der Waals surface area contributed by atoms with E-state index in [4.69, 9.17) is 9.31 Å². The molecule has 0 aromatic rings. The van der Waals surface area contributed by atoms with Crippen molar-refractivity contribution in [3.8, 4) is 0 Å². The summed E-state index contributed by atoms with van der Waals surface area (Å²) >= 11 is 0. The Hall–Kier alpha value is -0.0151. The molecule has 1 saturated heterocycles. The van der Waals surface area contributed by atoms with Gasteiger partial charge in [-0.05, 0) is 39.4 Å². The van der Waals surface area contributed by atoms with Crippen molar-refractivity contribution < 1.29 is 9.31 Å². The zero-order valence-corrected chi connectivity index (χ0v) is 10.7. The third-order valence-corrected chi connectivity index (χ3v) is 4.55. The highest BCUT2D eigenvalue weighted by Crippen LogP contribution is 2.46. The van der Waals surface area contributed by atoms with Crippen LogP contribution >= 0.6 is 0 Å². The lowest BCUT2D eigenvalue weighted by atomic mass is 9.67. The quantitative estimate of drug-likeness (QED) is 0.618. The first-order chi connectivity index (χ1) is 6.83. The smallest absolute Gasteiger partial charge is 0.403 e. The van der Waals surface area contributed by atoms with Gasteiger partial charge in [0.1, 0.15) is 0 Å². The van der Waals surface area contributed by atoms with Crippen molar-refractivity contribution in [2.24, 2.45) is 5.92 Å². The van der Waals surface area contributed by atoms with E-state index in [1.807, 2.05) is 0 Å². The van der Waals surface area contributed by atoms with E-state index in [1.54, 1.807) is 0 Å². The average Bonchev–Trinajstić information content (AvgIpc) is 2.55. The summed E-state index contributed by atoms with van der Waals surface area (Å²) < 4.78 is 12.2. The fourth-order valence-corrected chi connectivity index (χ4v) is 2.64. The van der Waals surface area contributed by atoms with E-state index in [0.29, 0.717) is 5.82 Å². The summed E-state index contributed by atoms with van der Waals surface area (Å²) in [6, 6.07) is 0. The van der Waals surface area contributed by atoms with Crippen molar-refractivity contribution in [2.75, 3.05) is 0 Å². The maximum atomic E-state index is 6.10. The first-order valence-electron chi connectivity index (χ1n) is 6.19. The Morgan fingerprint density at radius 1 is 1.00 bits per heavy atom. The van der Waals surface area contributed by atoms with Crippen LogP contribution in [0.4, 0.5) is 0 Å². The largest absolute Gasteiger partial charge is 0.461 e. The summed E-state index contributed by atoms with van der Waals surface area (Å²) in [6.07, 6.45) is 3.92. The molecule has 0 amide bonds. The molecule has 2 rings (SSSR count). The Bertz CT molecular complexity index is 234. The second kappa shape index (κ2) is 3.49. The number of hydrogen-bond acceptors (Lipinski definition) is 2. The molecular formula is C12H23BO2. The van der Waals surface area contributed by atoms with Gasteiger partial charge in [-0.2, -0.15) is 0 Å². The van der Waals surface area contributed by atoms with Crippen LogP contribution in [-0.2, 0) is 9.31 Å². The lowest BCUT2D eigenvalue weighted by Gasteiger charge is -2.32. The molecule has 0 N–H and O–H groups in total. The van der Waals surface area contributed by atoms with Gasteiger partial charge in [0, 0.05) is 0 Å². The molecule has 1 aliphatic carbocycles. The van der Waals surface area contributed by atoms with Gasteiger partial charge in [0.25, 0.3) is 0 Å². The molecule has 15 heavy (non-hydrogen) atoms. The minimum Gasteiger partial charge on any atom is -0.403 e. The summed E-state index contributed by atoms with van der Waals surface area (Å²) in [6.45, 7) is 10.8. The first kappa shape index (κ1) is 11.5. The molecule has 2 aliphatic rings. The van der Waals surface area contributed by atoms with Crippen LogP contribution in [0.25, 0.3) is 0 Å². The van der Waals surface area contributed by atoms with E-state index in [0.717, 1.165) is 5.92 Å². The van der Waals surface area contributed by atoms with Crippen LogP contribution in [0.1, 0.15) is 53.9 Å². The Balaban J connectivity index is 2.09. The number of hydrogen-bond donors (Lipinski definition) is 0. The van der Waals surface area contributed by atoms with Crippen LogP contribution in [0.5, 0.6) is 0 Å². The third-order valence-electron chi connectivity index (χ3n) is 4.55. The second-order valence-corrected chi connectivity index (χ2v) is 6.20. The molecule has 1 aliphatic heterocycles. The van der Waals surface area contributed by atoms with Crippen molar-refractivity contribution in [3.63, 3.8) is 0 Å². The lowest BCUT2D eigenvalue weighted by molar-refractivity contribution is 0.00578. The van der Waals surface area contributed by atoms with Crippen molar-refractivity contribution in [1.29, 1.82) is 0 Å². The number of rotatable bonds is 1. The van der Waals surface area contributed by atoms with Crippen LogP contribution in [0, 0.1) is 5.92 Å². The van der Waals surface area contributed by atoms with E-state index in [2.05, 4.69) is 34.6 Å². The van der Waals surface area contributed by atoms with Crippen molar-refractivity contribution >= 4 is 7.12 Å². The van der Waals surface area contributed by atoms with Gasteiger partial charge in [-0.25, -0.2) is 0 Å².